The maximum absolute atomic E-state index is 13.3. The quantitative estimate of drug-likeness (QED) is 0.0211. The summed E-state index contributed by atoms with van der Waals surface area (Å²) in [6.07, 6.45) is 4.67. The summed E-state index contributed by atoms with van der Waals surface area (Å²) in [6, 6.07) is -0.482. The summed E-state index contributed by atoms with van der Waals surface area (Å²) in [6.45, 7) is 19.8. The molecule has 0 aromatic heterocycles. The number of unbranched alkanes of at least 4 members (excludes halogenated alkanes) is 1. The lowest BCUT2D eigenvalue weighted by Crippen LogP contribution is -2.47. The minimum atomic E-state index is -1.30. The summed E-state index contributed by atoms with van der Waals surface area (Å²) >= 11 is 1.99. The molecule has 2 N–H and O–H groups in total. The largest absolute Gasteiger partial charge is 0.464 e. The van der Waals surface area contributed by atoms with Crippen LogP contribution in [0.25, 0.3) is 0 Å². The van der Waals surface area contributed by atoms with Crippen molar-refractivity contribution in [2.75, 3.05) is 123 Å². The van der Waals surface area contributed by atoms with Crippen molar-refractivity contribution in [3.05, 3.63) is 0 Å². The highest BCUT2D eigenvalue weighted by atomic mass is 127. The molecule has 19 heteroatoms. The molecule has 4 unspecified atom stereocenters. The van der Waals surface area contributed by atoms with Gasteiger partial charge in [0.15, 0.2) is 5.78 Å². The topological polar surface area (TPSA) is 185 Å². The zero-order chi connectivity index (χ0) is 46.7. The normalized spacial score (nSPS) is 14.1. The Labute approximate surface area is 385 Å². The van der Waals surface area contributed by atoms with Crippen LogP contribution in [0, 0.1) is 10.8 Å². The first-order chi connectivity index (χ1) is 28.5. The fourth-order valence-corrected chi connectivity index (χ4v) is 8.29. The van der Waals surface area contributed by atoms with Crippen molar-refractivity contribution in [2.45, 2.75) is 96.9 Å². The zero-order valence-corrected chi connectivity index (χ0v) is 44.2. The number of ketones is 1. The van der Waals surface area contributed by atoms with Crippen LogP contribution in [0.4, 0.5) is 0 Å². The molecule has 0 aromatic rings. The Morgan fingerprint density at radius 2 is 1.34 bits per heavy atom. The first kappa shape index (κ1) is 59.9. The van der Waals surface area contributed by atoms with Crippen LogP contribution >= 0.6 is 47.7 Å². The zero-order valence-electron chi connectivity index (χ0n) is 39.2. The second-order valence-corrected chi connectivity index (χ2v) is 24.5. The first-order valence-corrected chi connectivity index (χ1v) is 27.8. The van der Waals surface area contributed by atoms with E-state index in [1.807, 2.05) is 91.3 Å². The lowest BCUT2D eigenvalue weighted by Gasteiger charge is -2.36. The van der Waals surface area contributed by atoms with Gasteiger partial charge in [0.2, 0.25) is 11.8 Å². The number of amides is 2. The molecule has 0 bridgehead atoms. The van der Waals surface area contributed by atoms with E-state index < -0.39 is 58.9 Å². The summed E-state index contributed by atoms with van der Waals surface area (Å²) in [5.74, 6) is -1.87. The summed E-state index contributed by atoms with van der Waals surface area (Å²) in [5, 5.41) is 4.09. The monoisotopic (exact) mass is 1040 g/mol. The average Bonchev–Trinajstić information content (AvgIpc) is 3.19. The number of hydrogen-bond donors (Lipinski definition) is 2. The second-order valence-electron chi connectivity index (χ2n) is 17.4. The number of carbonyl (C=O) groups excluding carboxylic acids is 6. The maximum atomic E-state index is 13.3. The fraction of sp³-hybridized carbons (Fsp3) is 0.857. The van der Waals surface area contributed by atoms with E-state index in [0.717, 1.165) is 25.5 Å². The number of nitrogens with one attached hydrogen (secondary N) is 2. The molecule has 0 aliphatic heterocycles. The number of rotatable bonds is 36. The Morgan fingerprint density at radius 3 is 1.90 bits per heavy atom. The van der Waals surface area contributed by atoms with Crippen LogP contribution in [0.15, 0.2) is 0 Å². The Kier molecular flexibility index (Phi) is 31.1. The molecule has 15 nitrogen and oxygen atoms in total. The van der Waals surface area contributed by atoms with Crippen molar-refractivity contribution >= 4 is 83.2 Å². The Morgan fingerprint density at radius 1 is 0.754 bits per heavy atom. The van der Waals surface area contributed by atoms with E-state index in [2.05, 4.69) is 15.5 Å². The third-order valence-corrected chi connectivity index (χ3v) is 15.7. The molecule has 0 fully saturated rings. The molecular weight excluding hydrogens is 958 g/mol. The second kappa shape index (κ2) is 31.7. The van der Waals surface area contributed by atoms with Crippen LogP contribution in [0.5, 0.6) is 0 Å². The van der Waals surface area contributed by atoms with Crippen molar-refractivity contribution < 1.29 is 57.2 Å². The lowest BCUT2D eigenvalue weighted by atomic mass is 9.91. The SMILES string of the molecule is CCPC(C)(C)C(=O)OCC(COCC(=O)NCCOCCOCCCC(=O)C(CCCCN(C)C)NC(=O)CI)(COC(=O)C(C)(C)CPC)COC(=O)C(C)(C)P(C)C. The molecule has 2 amide bonds. The molecular formula is C42H79IN3O12P3. The van der Waals surface area contributed by atoms with Gasteiger partial charge in [-0.15, -0.1) is 17.2 Å². The van der Waals surface area contributed by atoms with E-state index in [4.69, 9.17) is 28.4 Å². The number of ether oxygens (including phenoxy) is 6. The van der Waals surface area contributed by atoms with Crippen LogP contribution in [0.3, 0.4) is 0 Å². The molecule has 0 aliphatic rings. The van der Waals surface area contributed by atoms with Gasteiger partial charge in [-0.05, 0) is 120 Å². The molecule has 0 heterocycles. The number of carbonyl (C=O) groups is 6. The van der Waals surface area contributed by atoms with E-state index in [1.54, 1.807) is 13.8 Å². The molecule has 0 spiro atoms. The minimum Gasteiger partial charge on any atom is -0.464 e. The Bertz CT molecular complexity index is 1300. The van der Waals surface area contributed by atoms with Crippen LogP contribution in [0.1, 0.15) is 80.6 Å². The van der Waals surface area contributed by atoms with E-state index in [-0.39, 0.29) is 57.9 Å². The Hall–Kier alpha value is -1.12. The van der Waals surface area contributed by atoms with Crippen molar-refractivity contribution in [1.29, 1.82) is 0 Å². The van der Waals surface area contributed by atoms with Crippen LogP contribution in [0.2, 0.25) is 0 Å². The Balaban J connectivity index is 5.28. The molecule has 356 valence electrons. The molecule has 61 heavy (non-hydrogen) atoms. The molecule has 0 radical (unpaired) electrons. The highest BCUT2D eigenvalue weighted by molar-refractivity contribution is 14.1. The van der Waals surface area contributed by atoms with Crippen molar-refractivity contribution in [3.8, 4) is 0 Å². The van der Waals surface area contributed by atoms with Gasteiger partial charge in [-0.3, -0.25) is 28.8 Å². The van der Waals surface area contributed by atoms with Gasteiger partial charge >= 0.3 is 17.9 Å². The molecule has 0 aliphatic carbocycles. The van der Waals surface area contributed by atoms with Crippen LogP contribution in [-0.4, -0.2) is 180 Å². The van der Waals surface area contributed by atoms with Gasteiger partial charge in [0, 0.05) is 19.6 Å². The summed E-state index contributed by atoms with van der Waals surface area (Å²) < 4.78 is 35.0. The van der Waals surface area contributed by atoms with E-state index in [0.29, 0.717) is 66.8 Å². The van der Waals surface area contributed by atoms with Gasteiger partial charge in [0.1, 0.15) is 26.4 Å². The summed E-state index contributed by atoms with van der Waals surface area (Å²) in [5.41, 5.74) is -2.06. The maximum Gasteiger partial charge on any atom is 0.315 e. The number of alkyl halides is 1. The standard InChI is InChI=1S/C42H79IN3O12P3/c1-13-60-40(4,5)37(51)57-29-42(28-56-36(50)39(2,3)31-59-10,30-58-38(52)41(6,7)61(11)12)27-55-26-35(49)44-19-22-54-24-23-53-21-16-18-33(47)32(45-34(48)25-43)17-14-15-20-46(8)9/h32,59-60H,13-31H2,1-12H3,(H,44,49)(H,45,48). The van der Waals surface area contributed by atoms with Gasteiger partial charge in [-0.2, -0.15) is 0 Å². The number of halogens is 1. The highest BCUT2D eigenvalue weighted by Gasteiger charge is 2.42. The predicted octanol–water partition coefficient (Wildman–Crippen LogP) is 5.10. The number of nitrogens with zero attached hydrogens (tertiary/aromatic N) is 1. The lowest BCUT2D eigenvalue weighted by molar-refractivity contribution is -0.173. The molecule has 4 atom stereocenters. The van der Waals surface area contributed by atoms with Crippen molar-refractivity contribution in [1.82, 2.24) is 15.5 Å². The van der Waals surface area contributed by atoms with E-state index in [1.165, 1.54) is 0 Å². The first-order valence-electron chi connectivity index (χ1n) is 21.1. The number of esters is 3. The predicted molar refractivity (Wildman–Crippen MR) is 257 cm³/mol. The molecule has 0 saturated heterocycles. The highest BCUT2D eigenvalue weighted by Crippen LogP contribution is 2.43. The van der Waals surface area contributed by atoms with Crippen LogP contribution < -0.4 is 10.6 Å². The van der Waals surface area contributed by atoms with E-state index in [9.17, 15) is 28.8 Å². The smallest absolute Gasteiger partial charge is 0.315 e. The van der Waals surface area contributed by atoms with Gasteiger partial charge in [0.25, 0.3) is 0 Å². The number of Topliss-reactive ketones (excluding diaryl/α,β-unsaturated/α-hetero) is 1. The average molecular weight is 1040 g/mol. The molecule has 0 rings (SSSR count). The minimum absolute atomic E-state index is 0.00774. The van der Waals surface area contributed by atoms with E-state index >= 15 is 0 Å². The van der Waals surface area contributed by atoms with Gasteiger partial charge in [-0.25, -0.2) is 0 Å². The summed E-state index contributed by atoms with van der Waals surface area (Å²) in [7, 11) is 4.13. The third kappa shape index (κ3) is 25.8. The number of hydrogen-bond acceptors (Lipinski definition) is 13. The molecule has 0 saturated carbocycles. The van der Waals surface area contributed by atoms with Crippen molar-refractivity contribution in [2.24, 2.45) is 10.8 Å². The van der Waals surface area contributed by atoms with Gasteiger partial charge < -0.3 is 44.0 Å². The molecule has 0 aromatic carbocycles. The van der Waals surface area contributed by atoms with Gasteiger partial charge in [-0.1, -0.05) is 37.4 Å². The fourth-order valence-electron chi connectivity index (χ4n) is 5.51. The third-order valence-electron chi connectivity index (χ3n) is 9.93. The summed E-state index contributed by atoms with van der Waals surface area (Å²) in [4.78, 5) is 79.6. The van der Waals surface area contributed by atoms with Crippen LogP contribution in [-0.2, 0) is 57.2 Å². The van der Waals surface area contributed by atoms with Gasteiger partial charge in [0.05, 0.1) is 58.0 Å². The van der Waals surface area contributed by atoms with Crippen molar-refractivity contribution in [3.63, 3.8) is 0 Å².